The lowest BCUT2D eigenvalue weighted by Gasteiger charge is -2.11. The highest BCUT2D eigenvalue weighted by molar-refractivity contribution is 6.34. The minimum absolute atomic E-state index is 0.629. The number of aryl methyl sites for hydroxylation is 1. The van der Waals surface area contributed by atoms with E-state index in [-0.39, 0.29) is 0 Å². The molecule has 3 N–H and O–H groups in total. The Balaban J connectivity index is 2.75. The van der Waals surface area contributed by atoms with Gasteiger partial charge in [-0.1, -0.05) is 11.6 Å². The van der Waals surface area contributed by atoms with E-state index in [1.165, 1.54) is 0 Å². The van der Waals surface area contributed by atoms with E-state index in [4.69, 9.17) is 22.1 Å². The topological polar surface area (TPSA) is 47.3 Å². The van der Waals surface area contributed by atoms with Gasteiger partial charge >= 0.3 is 0 Å². The Labute approximate surface area is 89.2 Å². The summed E-state index contributed by atoms with van der Waals surface area (Å²) in [6.45, 7) is 3.29. The number of hydrogen-bond donors (Lipinski definition) is 2. The summed E-state index contributed by atoms with van der Waals surface area (Å²) in [4.78, 5) is 0. The van der Waals surface area contributed by atoms with Gasteiger partial charge in [-0.25, -0.2) is 0 Å². The molecule has 3 nitrogen and oxygen atoms in total. The first-order valence-electron chi connectivity index (χ1n) is 4.43. The molecule has 0 heterocycles. The van der Waals surface area contributed by atoms with Crippen molar-refractivity contribution in [1.29, 1.82) is 0 Å². The molecular weight excluding hydrogens is 200 g/mol. The highest BCUT2D eigenvalue weighted by Gasteiger charge is 2.04. The van der Waals surface area contributed by atoms with Crippen LogP contribution in [0.5, 0.6) is 0 Å². The maximum absolute atomic E-state index is 6.03. The van der Waals surface area contributed by atoms with Gasteiger partial charge in [0.05, 0.1) is 23.0 Å². The van der Waals surface area contributed by atoms with E-state index in [0.29, 0.717) is 23.9 Å². The first-order chi connectivity index (χ1) is 6.65. The summed E-state index contributed by atoms with van der Waals surface area (Å²) in [5, 5.41) is 3.78. The van der Waals surface area contributed by atoms with Gasteiger partial charge in [-0.3, -0.25) is 0 Å². The Bertz CT molecular complexity index is 292. The number of methoxy groups -OCH3 is 1. The van der Waals surface area contributed by atoms with Crippen molar-refractivity contribution in [3.63, 3.8) is 0 Å². The Kier molecular flexibility index (Phi) is 4.04. The summed E-state index contributed by atoms with van der Waals surface area (Å²) in [5.41, 5.74) is 8.34. The fourth-order valence-electron chi connectivity index (χ4n) is 1.23. The van der Waals surface area contributed by atoms with Crippen LogP contribution in [0.3, 0.4) is 0 Å². The Morgan fingerprint density at radius 2 is 2.21 bits per heavy atom. The number of anilines is 2. The van der Waals surface area contributed by atoms with E-state index in [1.54, 1.807) is 7.11 Å². The molecule has 0 fully saturated rings. The molecule has 0 aliphatic carbocycles. The monoisotopic (exact) mass is 214 g/mol. The molecule has 0 aromatic heterocycles. The van der Waals surface area contributed by atoms with Crippen LogP contribution in [0.25, 0.3) is 0 Å². The molecule has 1 aromatic rings. The van der Waals surface area contributed by atoms with Crippen molar-refractivity contribution < 1.29 is 4.74 Å². The molecule has 0 aliphatic rings. The summed E-state index contributed by atoms with van der Waals surface area (Å²) in [5.74, 6) is 0. The lowest BCUT2D eigenvalue weighted by atomic mass is 10.2. The fraction of sp³-hybridized carbons (Fsp3) is 0.400. The number of hydrogen-bond acceptors (Lipinski definition) is 3. The molecule has 0 atom stereocenters. The van der Waals surface area contributed by atoms with Crippen molar-refractivity contribution in [3.05, 3.63) is 22.7 Å². The molecule has 0 saturated heterocycles. The second-order valence-electron chi connectivity index (χ2n) is 3.13. The van der Waals surface area contributed by atoms with Gasteiger partial charge in [0.15, 0.2) is 0 Å². The Morgan fingerprint density at radius 3 is 2.79 bits per heavy atom. The van der Waals surface area contributed by atoms with Gasteiger partial charge in [-0.05, 0) is 24.6 Å². The molecule has 1 rings (SSSR count). The molecule has 0 amide bonds. The number of nitrogens with one attached hydrogen (secondary N) is 1. The van der Waals surface area contributed by atoms with Crippen LogP contribution in [0, 0.1) is 6.92 Å². The SMILES string of the molecule is COCCNc1c(N)cc(C)cc1Cl. The lowest BCUT2D eigenvalue weighted by molar-refractivity contribution is 0.211. The molecule has 14 heavy (non-hydrogen) atoms. The number of nitrogen functional groups attached to an aromatic ring is 1. The van der Waals surface area contributed by atoms with Crippen molar-refractivity contribution in [2.75, 3.05) is 31.3 Å². The van der Waals surface area contributed by atoms with Crippen LogP contribution in [0.1, 0.15) is 5.56 Å². The van der Waals surface area contributed by atoms with Crippen molar-refractivity contribution in [2.24, 2.45) is 0 Å². The summed E-state index contributed by atoms with van der Waals surface area (Å²) in [7, 11) is 1.65. The highest BCUT2D eigenvalue weighted by atomic mass is 35.5. The minimum atomic E-state index is 0.629. The van der Waals surface area contributed by atoms with Crippen LogP contribution in [0.2, 0.25) is 5.02 Å². The van der Waals surface area contributed by atoms with Crippen molar-refractivity contribution in [2.45, 2.75) is 6.92 Å². The molecule has 0 spiro atoms. The molecule has 1 aromatic carbocycles. The van der Waals surface area contributed by atoms with Crippen LogP contribution in [-0.4, -0.2) is 20.3 Å². The summed E-state index contributed by atoms with van der Waals surface area (Å²) < 4.78 is 4.92. The van der Waals surface area contributed by atoms with Gasteiger partial charge < -0.3 is 15.8 Å². The van der Waals surface area contributed by atoms with E-state index < -0.39 is 0 Å². The van der Waals surface area contributed by atoms with E-state index in [1.807, 2.05) is 19.1 Å². The van der Waals surface area contributed by atoms with Crippen molar-refractivity contribution in [3.8, 4) is 0 Å². The van der Waals surface area contributed by atoms with Gasteiger partial charge in [0.25, 0.3) is 0 Å². The smallest absolute Gasteiger partial charge is 0.0764 e. The third-order valence-corrected chi connectivity index (χ3v) is 2.17. The second-order valence-corrected chi connectivity index (χ2v) is 3.54. The third kappa shape index (κ3) is 2.79. The van der Waals surface area contributed by atoms with Crippen LogP contribution >= 0.6 is 11.6 Å². The van der Waals surface area contributed by atoms with Gasteiger partial charge in [0.1, 0.15) is 0 Å². The normalized spacial score (nSPS) is 10.2. The van der Waals surface area contributed by atoms with Crippen LogP contribution < -0.4 is 11.1 Å². The number of halogens is 1. The van der Waals surface area contributed by atoms with E-state index in [0.717, 1.165) is 11.3 Å². The zero-order valence-corrected chi connectivity index (χ0v) is 9.19. The maximum atomic E-state index is 6.03. The number of nitrogens with two attached hydrogens (primary N) is 1. The van der Waals surface area contributed by atoms with Gasteiger partial charge in [0.2, 0.25) is 0 Å². The molecule has 0 unspecified atom stereocenters. The molecular formula is C10H15ClN2O. The van der Waals surface area contributed by atoms with Crippen LogP contribution in [0.4, 0.5) is 11.4 Å². The molecule has 0 radical (unpaired) electrons. The van der Waals surface area contributed by atoms with E-state index in [2.05, 4.69) is 5.32 Å². The molecule has 0 saturated carbocycles. The lowest BCUT2D eigenvalue weighted by Crippen LogP contribution is -2.09. The summed E-state index contributed by atoms with van der Waals surface area (Å²) >= 11 is 6.03. The first kappa shape index (κ1) is 11.1. The van der Waals surface area contributed by atoms with E-state index in [9.17, 15) is 0 Å². The fourth-order valence-corrected chi connectivity index (χ4v) is 1.58. The predicted octanol–water partition coefficient (Wildman–Crippen LogP) is 2.29. The maximum Gasteiger partial charge on any atom is 0.0764 e. The van der Waals surface area contributed by atoms with Crippen molar-refractivity contribution >= 4 is 23.0 Å². The van der Waals surface area contributed by atoms with Crippen LogP contribution in [-0.2, 0) is 4.74 Å². The van der Waals surface area contributed by atoms with Gasteiger partial charge in [-0.15, -0.1) is 0 Å². The predicted molar refractivity (Wildman–Crippen MR) is 61.0 cm³/mol. The third-order valence-electron chi connectivity index (χ3n) is 1.87. The highest BCUT2D eigenvalue weighted by Crippen LogP contribution is 2.29. The molecule has 0 bridgehead atoms. The zero-order valence-electron chi connectivity index (χ0n) is 8.43. The Morgan fingerprint density at radius 1 is 1.50 bits per heavy atom. The minimum Gasteiger partial charge on any atom is -0.397 e. The molecule has 78 valence electrons. The van der Waals surface area contributed by atoms with E-state index >= 15 is 0 Å². The summed E-state index contributed by atoms with van der Waals surface area (Å²) in [6, 6.07) is 3.77. The average Bonchev–Trinajstić information content (AvgIpc) is 2.09. The number of ether oxygens (including phenoxy) is 1. The molecule has 0 aliphatic heterocycles. The standard InChI is InChI=1S/C10H15ClN2O/c1-7-5-8(11)10(9(12)6-7)13-3-4-14-2/h5-6,13H,3-4,12H2,1-2H3. The number of benzene rings is 1. The van der Waals surface area contributed by atoms with Crippen molar-refractivity contribution in [1.82, 2.24) is 0 Å². The first-order valence-corrected chi connectivity index (χ1v) is 4.81. The molecule has 4 heteroatoms. The summed E-state index contributed by atoms with van der Waals surface area (Å²) in [6.07, 6.45) is 0. The zero-order chi connectivity index (χ0) is 10.6. The largest absolute Gasteiger partial charge is 0.397 e. The average molecular weight is 215 g/mol. The van der Waals surface area contributed by atoms with Crippen LogP contribution in [0.15, 0.2) is 12.1 Å². The van der Waals surface area contributed by atoms with Gasteiger partial charge in [-0.2, -0.15) is 0 Å². The van der Waals surface area contributed by atoms with Gasteiger partial charge in [0, 0.05) is 13.7 Å². The number of rotatable bonds is 4. The Hall–Kier alpha value is -0.930. The quantitative estimate of drug-likeness (QED) is 0.597. The second kappa shape index (κ2) is 5.08.